The summed E-state index contributed by atoms with van der Waals surface area (Å²) in [6.07, 6.45) is 0. The van der Waals surface area contributed by atoms with E-state index in [4.69, 9.17) is 4.11 Å². The number of nitrogens with zero attached hydrogens (tertiary/aromatic N) is 2. The Labute approximate surface area is 608 Å². The Morgan fingerprint density at radius 3 is 1.22 bits per heavy atom. The minimum atomic E-state index is -0.782. The van der Waals surface area contributed by atoms with E-state index in [9.17, 15) is 2.74 Å². The van der Waals surface area contributed by atoms with Crippen molar-refractivity contribution in [2.24, 2.45) is 0 Å². The van der Waals surface area contributed by atoms with Crippen LogP contribution in [0, 0.1) is 0 Å². The molecule has 2 heterocycles. The SMILES string of the molecule is [2H]c1c([2H])c([2H])c(-c2ccc3c(c2)N(c2c(-c4ccccc4)cccc2-c2ccccc2)c2cc(C(C)(C)C)cc4c2B3c2ccc(-c3cccc5c3C(c3ccccc3)(c3cccc(-c6ccccc6)c3)c3ccccc3-5)cc2N4c2c(-c3ccccc3)cc(C(C)(C)C)cc2-c2ccccc2)c([2H])c1[2H]. The molecule has 1 aliphatic carbocycles. The summed E-state index contributed by atoms with van der Waals surface area (Å²) in [6, 6.07) is 119. The van der Waals surface area contributed by atoms with Gasteiger partial charge in [0.25, 0.3) is 6.71 Å². The third kappa shape index (κ3) is 10.2. The highest BCUT2D eigenvalue weighted by atomic mass is 15.2. The van der Waals surface area contributed by atoms with Crippen LogP contribution in [0.3, 0.4) is 0 Å². The van der Waals surface area contributed by atoms with Gasteiger partial charge in [0.2, 0.25) is 0 Å². The molecular weight excluding hydrogens is 1230 g/mol. The van der Waals surface area contributed by atoms with Gasteiger partial charge in [-0.2, -0.15) is 0 Å². The Kier molecular flexibility index (Phi) is 13.8. The molecule has 486 valence electrons. The van der Waals surface area contributed by atoms with Crippen molar-refractivity contribution in [3.63, 3.8) is 0 Å². The third-order valence-corrected chi connectivity index (χ3v) is 21.5. The molecule has 3 aliphatic rings. The second-order valence-electron chi connectivity index (χ2n) is 29.5. The van der Waals surface area contributed by atoms with Gasteiger partial charge in [-0.3, -0.25) is 0 Å². The molecule has 15 aromatic rings. The fraction of sp³-hybridized carbons (Fsp3) is 0.0909. The van der Waals surface area contributed by atoms with Crippen molar-refractivity contribution in [2.75, 3.05) is 9.80 Å². The van der Waals surface area contributed by atoms with Crippen LogP contribution in [0.4, 0.5) is 34.1 Å². The molecule has 0 fully saturated rings. The van der Waals surface area contributed by atoms with Gasteiger partial charge in [0.05, 0.1) is 23.6 Å². The lowest BCUT2D eigenvalue weighted by Crippen LogP contribution is -2.61. The van der Waals surface area contributed by atoms with Crippen molar-refractivity contribution >= 4 is 57.2 Å². The average molecular weight is 1310 g/mol. The van der Waals surface area contributed by atoms with E-state index in [0.717, 1.165) is 123 Å². The molecular formula is C99H77BN2. The van der Waals surface area contributed by atoms with Gasteiger partial charge < -0.3 is 9.80 Å². The molecule has 0 saturated heterocycles. The molecule has 1 atom stereocenters. The fourth-order valence-electron chi connectivity index (χ4n) is 16.7. The van der Waals surface area contributed by atoms with Crippen LogP contribution < -0.4 is 26.2 Å². The Hall–Kier alpha value is -12.0. The molecule has 2 nitrogen and oxygen atoms in total. The average Bonchev–Trinajstić information content (AvgIpc) is 1.51. The van der Waals surface area contributed by atoms with Crippen LogP contribution in [0.5, 0.6) is 0 Å². The van der Waals surface area contributed by atoms with Gasteiger partial charge in [-0.15, -0.1) is 0 Å². The first kappa shape index (κ1) is 56.8. The number of hydrogen-bond acceptors (Lipinski definition) is 2. The van der Waals surface area contributed by atoms with E-state index in [0.29, 0.717) is 5.56 Å². The van der Waals surface area contributed by atoms with Crippen LogP contribution >= 0.6 is 0 Å². The van der Waals surface area contributed by atoms with Crippen LogP contribution in [0.1, 0.15) is 81.8 Å². The van der Waals surface area contributed by atoms with Gasteiger partial charge in [0.15, 0.2) is 0 Å². The topological polar surface area (TPSA) is 6.48 Å². The van der Waals surface area contributed by atoms with E-state index >= 15 is 0 Å². The maximum atomic E-state index is 9.60. The first-order valence-corrected chi connectivity index (χ1v) is 35.6. The van der Waals surface area contributed by atoms with Crippen LogP contribution in [0.15, 0.2) is 358 Å². The fourth-order valence-corrected chi connectivity index (χ4v) is 16.7. The summed E-state index contributed by atoms with van der Waals surface area (Å²) in [7, 11) is 0. The maximum absolute atomic E-state index is 9.60. The van der Waals surface area contributed by atoms with Crippen LogP contribution in [0.25, 0.3) is 89.0 Å². The monoisotopic (exact) mass is 1310 g/mol. The van der Waals surface area contributed by atoms with Crippen molar-refractivity contribution in [3.05, 3.63) is 391 Å². The molecule has 0 radical (unpaired) electrons. The highest BCUT2D eigenvalue weighted by molar-refractivity contribution is 7.00. The summed E-state index contributed by atoms with van der Waals surface area (Å²) in [5.41, 5.74) is 30.6. The zero-order valence-corrected chi connectivity index (χ0v) is 58.1. The zero-order valence-electron chi connectivity index (χ0n) is 63.1. The van der Waals surface area contributed by atoms with Gasteiger partial charge in [-0.1, -0.05) is 357 Å². The molecule has 0 saturated carbocycles. The summed E-state index contributed by atoms with van der Waals surface area (Å²) in [5, 5.41) is 0. The first-order valence-electron chi connectivity index (χ1n) is 38.1. The third-order valence-electron chi connectivity index (χ3n) is 21.5. The van der Waals surface area contributed by atoms with Gasteiger partial charge in [0, 0.05) is 45.0 Å². The summed E-state index contributed by atoms with van der Waals surface area (Å²) < 4.78 is 46.2. The van der Waals surface area contributed by atoms with Crippen LogP contribution in [-0.2, 0) is 16.2 Å². The highest BCUT2D eigenvalue weighted by Crippen LogP contribution is 2.61. The number of rotatable bonds is 11. The molecule has 0 amide bonds. The minimum absolute atomic E-state index is 0.143. The van der Waals surface area contributed by atoms with Crippen molar-refractivity contribution in [3.8, 4) is 89.0 Å². The zero-order chi connectivity index (χ0) is 73.2. The quantitative estimate of drug-likeness (QED) is 0.119. The molecule has 0 N–H and O–H groups in total. The minimum Gasteiger partial charge on any atom is -0.310 e. The van der Waals surface area contributed by atoms with Crippen molar-refractivity contribution in [2.45, 2.75) is 57.8 Å². The standard InChI is InChI=1S/C99H77BN2/c1-97(2,3)77-62-84(70-41-22-11-23-42-70)96(85(63-77)71-43-24-12-25-44-71)102-90-61-74(79-50-31-53-83-82-49-28-29-54-86(82)99(93(79)83,75-46-26-13-27-47-75)76-48-30-45-72(59-76)66-33-14-7-15-34-66)56-58-88(90)100-87-57-55-73(67-35-16-8-17-36-67)60-89(87)101(91-64-78(98(4,5)6)65-92(102)94(91)100)95-80(68-37-18-9-19-38-68)51-32-52-81(95)69-39-20-10-21-40-69/h7-65H,1-6H3/i8D,16D,17D,35D,36D. The van der Waals surface area contributed by atoms with E-state index in [2.05, 4.69) is 373 Å². The predicted octanol–water partition coefficient (Wildman–Crippen LogP) is 24.4. The smallest absolute Gasteiger partial charge is 0.252 e. The van der Waals surface area contributed by atoms with Crippen molar-refractivity contribution in [1.82, 2.24) is 0 Å². The largest absolute Gasteiger partial charge is 0.310 e. The van der Waals surface area contributed by atoms with E-state index in [1.54, 1.807) is 0 Å². The lowest BCUT2D eigenvalue weighted by molar-refractivity contribution is 0.590. The Morgan fingerprint density at radius 1 is 0.284 bits per heavy atom. The molecule has 2 aliphatic heterocycles. The van der Waals surface area contributed by atoms with E-state index < -0.39 is 23.6 Å². The van der Waals surface area contributed by atoms with Gasteiger partial charge in [0.1, 0.15) is 0 Å². The first-order chi connectivity index (χ1) is 52.0. The molecule has 0 aromatic heterocycles. The molecule has 3 heteroatoms. The number of para-hydroxylation sites is 1. The van der Waals surface area contributed by atoms with Gasteiger partial charge in [-0.25, -0.2) is 0 Å². The number of fused-ring (bicyclic) bond motifs is 7. The molecule has 18 rings (SSSR count). The Balaban J connectivity index is 1.01. The molecule has 102 heavy (non-hydrogen) atoms. The summed E-state index contributed by atoms with van der Waals surface area (Å²) in [5.74, 6) is 0. The number of hydrogen-bond donors (Lipinski definition) is 0. The van der Waals surface area contributed by atoms with Gasteiger partial charge in [-0.05, 0) is 170 Å². The normalized spacial score (nSPS) is 14.8. The second kappa shape index (κ2) is 24.7. The van der Waals surface area contributed by atoms with E-state index in [-0.39, 0.29) is 35.1 Å². The predicted molar refractivity (Wildman–Crippen MR) is 433 cm³/mol. The second-order valence-corrected chi connectivity index (χ2v) is 29.5. The Morgan fingerprint density at radius 2 is 0.676 bits per heavy atom. The highest BCUT2D eigenvalue weighted by Gasteiger charge is 2.50. The molecule has 0 bridgehead atoms. The lowest BCUT2D eigenvalue weighted by Gasteiger charge is -2.46. The van der Waals surface area contributed by atoms with Crippen LogP contribution in [0.2, 0.25) is 0 Å². The van der Waals surface area contributed by atoms with Gasteiger partial charge >= 0.3 is 0 Å². The van der Waals surface area contributed by atoms with Crippen LogP contribution in [-0.4, -0.2) is 6.71 Å². The summed E-state index contributed by atoms with van der Waals surface area (Å²) in [6.45, 7) is 13.5. The lowest BCUT2D eigenvalue weighted by atomic mass is 9.33. The Bertz CT molecular complexity index is 5880. The number of benzene rings is 15. The van der Waals surface area contributed by atoms with Crippen molar-refractivity contribution < 1.29 is 6.85 Å². The molecule has 1 unspecified atom stereocenters. The summed E-state index contributed by atoms with van der Waals surface area (Å²) in [4.78, 5) is 5.12. The van der Waals surface area contributed by atoms with E-state index in [1.165, 1.54) is 38.9 Å². The molecule has 0 spiro atoms. The number of anilines is 6. The van der Waals surface area contributed by atoms with E-state index in [1.807, 2.05) is 6.07 Å². The van der Waals surface area contributed by atoms with Crippen molar-refractivity contribution in [1.29, 1.82) is 0 Å². The molecule has 15 aromatic carbocycles. The summed E-state index contributed by atoms with van der Waals surface area (Å²) >= 11 is 0. The maximum Gasteiger partial charge on any atom is 0.252 e.